The molecule has 0 amide bonds. The summed E-state index contributed by atoms with van der Waals surface area (Å²) in [7, 11) is 2.05. The topological polar surface area (TPSA) is 58.7 Å². The molecule has 1 aliphatic rings. The summed E-state index contributed by atoms with van der Waals surface area (Å²) in [6.07, 6.45) is 2.20. The van der Waals surface area contributed by atoms with Crippen LogP contribution in [0, 0.1) is 5.41 Å². The predicted molar refractivity (Wildman–Crippen MR) is 72.9 cm³/mol. The number of nitrogens with two attached hydrogens (primary N) is 1. The second-order valence-corrected chi connectivity index (χ2v) is 5.23. The molecule has 0 spiro atoms. The number of hydrogen-bond donors (Lipinski definition) is 2. The van der Waals surface area contributed by atoms with Gasteiger partial charge in [0.2, 0.25) is 0 Å². The molecule has 1 saturated heterocycles. The van der Waals surface area contributed by atoms with E-state index in [1.807, 2.05) is 12.1 Å². The maximum atomic E-state index is 9.30. The summed E-state index contributed by atoms with van der Waals surface area (Å²) in [5, 5.41) is 9.30. The molecular weight excluding hydrogens is 228 g/mol. The lowest BCUT2D eigenvalue weighted by Crippen LogP contribution is -2.46. The van der Waals surface area contributed by atoms with Crippen LogP contribution in [0.3, 0.4) is 0 Å². The van der Waals surface area contributed by atoms with Crippen LogP contribution in [0.25, 0.3) is 0 Å². The van der Waals surface area contributed by atoms with Crippen LogP contribution in [0.2, 0.25) is 0 Å². The van der Waals surface area contributed by atoms with E-state index >= 15 is 0 Å². The lowest BCUT2D eigenvalue weighted by atomic mass is 9.82. The summed E-state index contributed by atoms with van der Waals surface area (Å²) in [5.74, 6) is 0.293. The molecule has 1 fully saturated rings. The Kier molecular flexibility index (Phi) is 4.09. The summed E-state index contributed by atoms with van der Waals surface area (Å²) in [6, 6.07) is 7.25. The number of hydrogen-bond acceptors (Lipinski definition) is 4. The smallest absolute Gasteiger partial charge is 0.115 e. The Labute approximate surface area is 108 Å². The normalized spacial score (nSPS) is 23.9. The van der Waals surface area contributed by atoms with Gasteiger partial charge in [0.25, 0.3) is 0 Å². The molecule has 1 aromatic carbocycles. The molecule has 1 aromatic rings. The molecule has 0 saturated carbocycles. The molecular formula is C14H22N2O2. The first-order valence-corrected chi connectivity index (χ1v) is 6.43. The molecule has 1 heterocycles. The number of nitrogens with zero attached hydrogens (tertiary/aromatic N) is 1. The van der Waals surface area contributed by atoms with Crippen LogP contribution < -0.4 is 10.6 Å². The molecule has 4 heteroatoms. The van der Waals surface area contributed by atoms with Gasteiger partial charge in [0.15, 0.2) is 0 Å². The van der Waals surface area contributed by atoms with Crippen LogP contribution in [0.5, 0.6) is 5.75 Å². The molecule has 2 rings (SSSR count). The molecule has 1 atom stereocenters. The first-order valence-electron chi connectivity index (χ1n) is 6.43. The van der Waals surface area contributed by atoms with Crippen molar-refractivity contribution in [3.05, 3.63) is 24.3 Å². The van der Waals surface area contributed by atoms with Crippen molar-refractivity contribution in [3.63, 3.8) is 0 Å². The number of phenolic OH excluding ortho intramolecular Hbond substituents is 1. The van der Waals surface area contributed by atoms with E-state index in [1.54, 1.807) is 12.1 Å². The van der Waals surface area contributed by atoms with E-state index in [2.05, 4.69) is 11.9 Å². The van der Waals surface area contributed by atoms with Gasteiger partial charge in [-0.2, -0.15) is 0 Å². The minimum absolute atomic E-state index is 0.0604. The van der Waals surface area contributed by atoms with Gasteiger partial charge in [-0.15, -0.1) is 0 Å². The highest BCUT2D eigenvalue weighted by atomic mass is 16.5. The molecule has 18 heavy (non-hydrogen) atoms. The number of rotatable bonds is 4. The molecule has 0 bridgehead atoms. The molecule has 4 nitrogen and oxygen atoms in total. The van der Waals surface area contributed by atoms with Crippen LogP contribution in [0.4, 0.5) is 5.69 Å². The van der Waals surface area contributed by atoms with Gasteiger partial charge in [0.1, 0.15) is 5.75 Å². The quantitative estimate of drug-likeness (QED) is 0.852. The van der Waals surface area contributed by atoms with E-state index in [4.69, 9.17) is 10.5 Å². The fourth-order valence-electron chi connectivity index (χ4n) is 2.56. The van der Waals surface area contributed by atoms with E-state index in [0.29, 0.717) is 12.3 Å². The van der Waals surface area contributed by atoms with E-state index in [1.165, 1.54) is 0 Å². The molecule has 0 radical (unpaired) electrons. The summed E-state index contributed by atoms with van der Waals surface area (Å²) in [4.78, 5) is 2.18. The zero-order chi connectivity index (χ0) is 13.0. The molecule has 1 unspecified atom stereocenters. The van der Waals surface area contributed by atoms with Gasteiger partial charge in [-0.25, -0.2) is 0 Å². The summed E-state index contributed by atoms with van der Waals surface area (Å²) >= 11 is 0. The highest BCUT2D eigenvalue weighted by Crippen LogP contribution is 2.30. The molecule has 0 aliphatic carbocycles. The van der Waals surface area contributed by atoms with E-state index in [-0.39, 0.29) is 5.41 Å². The van der Waals surface area contributed by atoms with Gasteiger partial charge in [-0.1, -0.05) is 0 Å². The number of benzene rings is 1. The highest BCUT2D eigenvalue weighted by Gasteiger charge is 2.32. The van der Waals surface area contributed by atoms with Crippen molar-refractivity contribution in [2.45, 2.75) is 12.8 Å². The Hall–Kier alpha value is -1.26. The lowest BCUT2D eigenvalue weighted by Gasteiger charge is -2.39. The summed E-state index contributed by atoms with van der Waals surface area (Å²) < 4.78 is 5.59. The third kappa shape index (κ3) is 2.94. The van der Waals surface area contributed by atoms with Crippen molar-refractivity contribution >= 4 is 5.69 Å². The molecule has 0 aromatic heterocycles. The zero-order valence-electron chi connectivity index (χ0n) is 10.9. The van der Waals surface area contributed by atoms with Gasteiger partial charge < -0.3 is 20.5 Å². The SMILES string of the molecule is CN(CC1(CN)CCCOC1)c1ccc(O)cc1. The van der Waals surface area contributed by atoms with E-state index in [9.17, 15) is 5.11 Å². The average molecular weight is 250 g/mol. The Morgan fingerprint density at radius 3 is 2.67 bits per heavy atom. The van der Waals surface area contributed by atoms with Crippen LogP contribution >= 0.6 is 0 Å². The van der Waals surface area contributed by atoms with Crippen molar-refractivity contribution in [1.82, 2.24) is 0 Å². The van der Waals surface area contributed by atoms with Crippen molar-refractivity contribution in [2.75, 3.05) is 38.3 Å². The van der Waals surface area contributed by atoms with Crippen LogP contribution in [-0.4, -0.2) is 38.5 Å². The Bertz CT molecular complexity index is 372. The van der Waals surface area contributed by atoms with Crippen molar-refractivity contribution in [2.24, 2.45) is 11.1 Å². The van der Waals surface area contributed by atoms with Crippen LogP contribution in [0.15, 0.2) is 24.3 Å². The van der Waals surface area contributed by atoms with E-state index < -0.39 is 0 Å². The summed E-state index contributed by atoms with van der Waals surface area (Å²) in [6.45, 7) is 3.13. The number of ether oxygens (including phenoxy) is 1. The fourth-order valence-corrected chi connectivity index (χ4v) is 2.56. The molecule has 3 N–H and O–H groups in total. The van der Waals surface area contributed by atoms with Gasteiger partial charge in [-0.05, 0) is 37.1 Å². The van der Waals surface area contributed by atoms with Gasteiger partial charge in [0.05, 0.1) is 6.61 Å². The number of phenols is 1. The van der Waals surface area contributed by atoms with Gasteiger partial charge in [-0.3, -0.25) is 0 Å². The van der Waals surface area contributed by atoms with Gasteiger partial charge >= 0.3 is 0 Å². The zero-order valence-corrected chi connectivity index (χ0v) is 10.9. The monoisotopic (exact) mass is 250 g/mol. The van der Waals surface area contributed by atoms with Crippen LogP contribution in [0.1, 0.15) is 12.8 Å². The minimum atomic E-state index is 0.0604. The minimum Gasteiger partial charge on any atom is -0.508 e. The van der Waals surface area contributed by atoms with Crippen molar-refractivity contribution in [1.29, 1.82) is 0 Å². The Balaban J connectivity index is 2.04. The summed E-state index contributed by atoms with van der Waals surface area (Å²) in [5.41, 5.74) is 7.09. The first-order chi connectivity index (χ1) is 8.65. The Morgan fingerprint density at radius 1 is 1.39 bits per heavy atom. The lowest BCUT2D eigenvalue weighted by molar-refractivity contribution is 0.00170. The molecule has 100 valence electrons. The number of aromatic hydroxyl groups is 1. The predicted octanol–water partition coefficient (Wildman–Crippen LogP) is 1.58. The molecule has 1 aliphatic heterocycles. The van der Waals surface area contributed by atoms with Gasteiger partial charge in [0, 0.05) is 37.8 Å². The standard InChI is InChI=1S/C14H22N2O2/c1-16(12-3-5-13(17)6-4-12)10-14(9-15)7-2-8-18-11-14/h3-6,17H,2,7-11,15H2,1H3. The Morgan fingerprint density at radius 2 is 2.11 bits per heavy atom. The number of anilines is 1. The second kappa shape index (κ2) is 5.59. The van der Waals surface area contributed by atoms with E-state index in [0.717, 1.165) is 38.3 Å². The maximum Gasteiger partial charge on any atom is 0.115 e. The van der Waals surface area contributed by atoms with Crippen LogP contribution in [-0.2, 0) is 4.74 Å². The third-order valence-electron chi connectivity index (χ3n) is 3.70. The fraction of sp³-hybridized carbons (Fsp3) is 0.571. The largest absolute Gasteiger partial charge is 0.508 e. The van der Waals surface area contributed by atoms with Crippen molar-refractivity contribution < 1.29 is 9.84 Å². The second-order valence-electron chi connectivity index (χ2n) is 5.23. The maximum absolute atomic E-state index is 9.30. The first kappa shape index (κ1) is 13.2. The van der Waals surface area contributed by atoms with Crippen molar-refractivity contribution in [3.8, 4) is 5.75 Å². The average Bonchev–Trinajstić information content (AvgIpc) is 2.40. The highest BCUT2D eigenvalue weighted by molar-refractivity contribution is 5.48. The third-order valence-corrected chi connectivity index (χ3v) is 3.70.